The maximum absolute atomic E-state index is 5.86. The molecule has 1 N–H and O–H groups in total. The van der Waals surface area contributed by atoms with Gasteiger partial charge in [-0.1, -0.05) is 44.2 Å². The topological polar surface area (TPSA) is 21.3 Å². The fourth-order valence-electron chi connectivity index (χ4n) is 2.69. The molecule has 1 saturated heterocycles. The first kappa shape index (κ1) is 13.6. The van der Waals surface area contributed by atoms with Crippen molar-refractivity contribution >= 4 is 0 Å². The van der Waals surface area contributed by atoms with Crippen LogP contribution in [-0.2, 0) is 4.74 Å². The number of nitrogens with one attached hydrogen (secondary N) is 1. The number of ether oxygens (including phenoxy) is 1. The van der Waals surface area contributed by atoms with Crippen molar-refractivity contribution in [3.8, 4) is 0 Å². The molecule has 0 spiro atoms. The molecule has 18 heavy (non-hydrogen) atoms. The second-order valence-corrected chi connectivity index (χ2v) is 5.69. The van der Waals surface area contributed by atoms with Crippen LogP contribution < -0.4 is 5.32 Å². The third kappa shape index (κ3) is 3.56. The van der Waals surface area contributed by atoms with Gasteiger partial charge >= 0.3 is 0 Å². The van der Waals surface area contributed by atoms with E-state index in [4.69, 9.17) is 4.74 Å². The molecule has 0 amide bonds. The SMILES string of the molecule is CC1CCC(CNC(c2ccccc2)C(C)C)O1. The minimum Gasteiger partial charge on any atom is -0.374 e. The highest BCUT2D eigenvalue weighted by atomic mass is 16.5. The Bertz CT molecular complexity index is 349. The van der Waals surface area contributed by atoms with E-state index in [1.165, 1.54) is 18.4 Å². The number of benzene rings is 1. The smallest absolute Gasteiger partial charge is 0.0704 e. The summed E-state index contributed by atoms with van der Waals surface area (Å²) in [5.41, 5.74) is 1.37. The van der Waals surface area contributed by atoms with Crippen LogP contribution in [0.25, 0.3) is 0 Å². The van der Waals surface area contributed by atoms with Crippen molar-refractivity contribution in [3.63, 3.8) is 0 Å². The monoisotopic (exact) mass is 247 g/mol. The molecule has 2 rings (SSSR count). The van der Waals surface area contributed by atoms with Crippen LogP contribution in [0, 0.1) is 5.92 Å². The summed E-state index contributed by atoms with van der Waals surface area (Å²) >= 11 is 0. The van der Waals surface area contributed by atoms with Gasteiger partial charge in [0.1, 0.15) is 0 Å². The van der Waals surface area contributed by atoms with Gasteiger partial charge in [0.25, 0.3) is 0 Å². The van der Waals surface area contributed by atoms with Crippen LogP contribution in [0.15, 0.2) is 30.3 Å². The molecule has 0 bridgehead atoms. The van der Waals surface area contributed by atoms with Crippen LogP contribution in [0.3, 0.4) is 0 Å². The number of rotatable bonds is 5. The molecule has 2 nitrogen and oxygen atoms in total. The Morgan fingerprint density at radius 2 is 1.94 bits per heavy atom. The van der Waals surface area contributed by atoms with Gasteiger partial charge in [-0.2, -0.15) is 0 Å². The van der Waals surface area contributed by atoms with E-state index < -0.39 is 0 Å². The molecule has 0 saturated carbocycles. The van der Waals surface area contributed by atoms with Gasteiger partial charge in [-0.3, -0.25) is 0 Å². The van der Waals surface area contributed by atoms with Crippen LogP contribution in [0.2, 0.25) is 0 Å². The molecule has 0 aromatic heterocycles. The fourth-order valence-corrected chi connectivity index (χ4v) is 2.69. The van der Waals surface area contributed by atoms with E-state index in [0.29, 0.717) is 24.2 Å². The predicted molar refractivity (Wildman–Crippen MR) is 75.6 cm³/mol. The standard InChI is InChI=1S/C16H25NO/c1-12(2)16(14-7-5-4-6-8-14)17-11-15-10-9-13(3)18-15/h4-8,12-13,15-17H,9-11H2,1-3H3. The molecule has 3 atom stereocenters. The Balaban J connectivity index is 1.91. The Kier molecular flexibility index (Phi) is 4.79. The van der Waals surface area contributed by atoms with E-state index in [9.17, 15) is 0 Å². The average molecular weight is 247 g/mol. The lowest BCUT2D eigenvalue weighted by atomic mass is 9.96. The molecule has 0 radical (unpaired) electrons. The highest BCUT2D eigenvalue weighted by Crippen LogP contribution is 2.23. The van der Waals surface area contributed by atoms with Crippen LogP contribution >= 0.6 is 0 Å². The first-order valence-electron chi connectivity index (χ1n) is 7.10. The molecule has 1 aliphatic heterocycles. The number of hydrogen-bond acceptors (Lipinski definition) is 2. The molecule has 1 aromatic rings. The predicted octanol–water partition coefficient (Wildman–Crippen LogP) is 3.54. The van der Waals surface area contributed by atoms with Gasteiger partial charge in [-0.15, -0.1) is 0 Å². The molecule has 1 fully saturated rings. The molecular weight excluding hydrogens is 222 g/mol. The summed E-state index contributed by atoms with van der Waals surface area (Å²) in [5, 5.41) is 3.67. The van der Waals surface area contributed by atoms with E-state index in [1.807, 2.05) is 0 Å². The third-order valence-electron chi connectivity index (χ3n) is 3.71. The summed E-state index contributed by atoms with van der Waals surface area (Å²) in [4.78, 5) is 0. The first-order chi connectivity index (χ1) is 8.66. The van der Waals surface area contributed by atoms with E-state index in [2.05, 4.69) is 56.4 Å². The van der Waals surface area contributed by atoms with Crippen LogP contribution in [0.4, 0.5) is 0 Å². The molecule has 3 unspecified atom stereocenters. The second-order valence-electron chi connectivity index (χ2n) is 5.69. The zero-order valence-electron chi connectivity index (χ0n) is 11.7. The van der Waals surface area contributed by atoms with Gasteiger partial charge in [0.2, 0.25) is 0 Å². The molecule has 1 aromatic carbocycles. The quantitative estimate of drug-likeness (QED) is 0.859. The maximum atomic E-state index is 5.86. The fraction of sp³-hybridized carbons (Fsp3) is 0.625. The summed E-state index contributed by atoms with van der Waals surface area (Å²) in [6, 6.07) is 11.1. The minimum absolute atomic E-state index is 0.393. The van der Waals surface area contributed by atoms with Crippen LogP contribution in [0.1, 0.15) is 45.2 Å². The molecule has 1 heterocycles. The Morgan fingerprint density at radius 3 is 2.50 bits per heavy atom. The molecular formula is C16H25NO. The van der Waals surface area contributed by atoms with Crippen molar-refractivity contribution in [3.05, 3.63) is 35.9 Å². The molecule has 0 aliphatic carbocycles. The second kappa shape index (κ2) is 6.35. The lowest BCUT2D eigenvalue weighted by molar-refractivity contribution is 0.0533. The Labute approximate surface area is 111 Å². The van der Waals surface area contributed by atoms with E-state index in [1.54, 1.807) is 0 Å². The van der Waals surface area contributed by atoms with Crippen molar-refractivity contribution in [1.29, 1.82) is 0 Å². The summed E-state index contributed by atoms with van der Waals surface area (Å²) in [6.45, 7) is 7.66. The summed E-state index contributed by atoms with van der Waals surface area (Å²) in [5.74, 6) is 0.589. The highest BCUT2D eigenvalue weighted by molar-refractivity contribution is 5.19. The van der Waals surface area contributed by atoms with E-state index in [0.717, 1.165) is 6.54 Å². The van der Waals surface area contributed by atoms with E-state index in [-0.39, 0.29) is 0 Å². The normalized spacial score (nSPS) is 25.6. The van der Waals surface area contributed by atoms with Gasteiger partial charge in [0.15, 0.2) is 0 Å². The summed E-state index contributed by atoms with van der Waals surface area (Å²) in [7, 11) is 0. The Morgan fingerprint density at radius 1 is 1.22 bits per heavy atom. The van der Waals surface area contributed by atoms with Crippen molar-refractivity contribution < 1.29 is 4.74 Å². The largest absolute Gasteiger partial charge is 0.374 e. The third-order valence-corrected chi connectivity index (χ3v) is 3.71. The first-order valence-corrected chi connectivity index (χ1v) is 7.10. The molecule has 1 aliphatic rings. The van der Waals surface area contributed by atoms with Gasteiger partial charge in [0, 0.05) is 12.6 Å². The van der Waals surface area contributed by atoms with Gasteiger partial charge in [-0.25, -0.2) is 0 Å². The maximum Gasteiger partial charge on any atom is 0.0704 e. The number of hydrogen-bond donors (Lipinski definition) is 1. The van der Waals surface area contributed by atoms with Crippen molar-refractivity contribution in [2.45, 2.75) is 51.9 Å². The molecule has 2 heteroatoms. The van der Waals surface area contributed by atoms with Crippen molar-refractivity contribution in [2.24, 2.45) is 5.92 Å². The Hall–Kier alpha value is -0.860. The van der Waals surface area contributed by atoms with Crippen LogP contribution in [-0.4, -0.2) is 18.8 Å². The zero-order valence-corrected chi connectivity index (χ0v) is 11.7. The lowest BCUT2D eigenvalue weighted by Crippen LogP contribution is -2.33. The van der Waals surface area contributed by atoms with E-state index >= 15 is 0 Å². The van der Waals surface area contributed by atoms with Crippen LogP contribution in [0.5, 0.6) is 0 Å². The van der Waals surface area contributed by atoms with Crippen molar-refractivity contribution in [1.82, 2.24) is 5.32 Å². The average Bonchev–Trinajstić information content (AvgIpc) is 2.76. The molecule has 100 valence electrons. The van der Waals surface area contributed by atoms with Crippen molar-refractivity contribution in [2.75, 3.05) is 6.54 Å². The lowest BCUT2D eigenvalue weighted by Gasteiger charge is -2.24. The van der Waals surface area contributed by atoms with Gasteiger partial charge < -0.3 is 10.1 Å². The summed E-state index contributed by atoms with van der Waals surface area (Å²) < 4.78 is 5.86. The zero-order chi connectivity index (χ0) is 13.0. The minimum atomic E-state index is 0.393. The van der Waals surface area contributed by atoms with Gasteiger partial charge in [-0.05, 0) is 31.2 Å². The summed E-state index contributed by atoms with van der Waals surface area (Å²) in [6.07, 6.45) is 3.22. The highest BCUT2D eigenvalue weighted by Gasteiger charge is 2.23. The van der Waals surface area contributed by atoms with Gasteiger partial charge in [0.05, 0.1) is 12.2 Å².